The van der Waals surface area contributed by atoms with Crippen LogP contribution in [-0.4, -0.2) is 9.55 Å². The molecule has 0 fully saturated rings. The van der Waals surface area contributed by atoms with Crippen LogP contribution in [0.15, 0.2) is 27.5 Å². The molecule has 1 aliphatic rings. The molecule has 0 saturated carbocycles. The summed E-state index contributed by atoms with van der Waals surface area (Å²) in [5.41, 5.74) is 0.897. The van der Waals surface area contributed by atoms with E-state index in [-0.39, 0.29) is 5.56 Å². The van der Waals surface area contributed by atoms with Crippen molar-refractivity contribution in [2.24, 2.45) is 5.92 Å². The van der Waals surface area contributed by atoms with Crippen LogP contribution in [0.5, 0.6) is 0 Å². The highest BCUT2D eigenvalue weighted by Crippen LogP contribution is 2.21. The minimum atomic E-state index is 0.101. The van der Waals surface area contributed by atoms with Gasteiger partial charge in [0, 0.05) is 17.4 Å². The van der Waals surface area contributed by atoms with Crippen molar-refractivity contribution < 1.29 is 0 Å². The number of aromatic nitrogens is 2. The second kappa shape index (κ2) is 3.95. The van der Waals surface area contributed by atoms with E-state index in [0.717, 1.165) is 35.2 Å². The van der Waals surface area contributed by atoms with Crippen LogP contribution in [0.4, 0.5) is 0 Å². The topological polar surface area (TPSA) is 34.9 Å². The molecule has 1 aliphatic heterocycles. The second-order valence-electron chi connectivity index (χ2n) is 4.74. The summed E-state index contributed by atoms with van der Waals surface area (Å²) >= 11 is 3.42. The van der Waals surface area contributed by atoms with Crippen LogP contribution in [-0.2, 0) is 13.0 Å². The summed E-state index contributed by atoms with van der Waals surface area (Å²) in [7, 11) is 0. The third kappa shape index (κ3) is 1.80. The van der Waals surface area contributed by atoms with Gasteiger partial charge in [0.05, 0.1) is 10.9 Å². The minimum Gasteiger partial charge on any atom is -0.296 e. The van der Waals surface area contributed by atoms with Crippen molar-refractivity contribution in [3.8, 4) is 0 Å². The Morgan fingerprint density at radius 1 is 1.47 bits per heavy atom. The van der Waals surface area contributed by atoms with Gasteiger partial charge in [-0.1, -0.05) is 22.9 Å². The van der Waals surface area contributed by atoms with Gasteiger partial charge in [-0.15, -0.1) is 0 Å². The van der Waals surface area contributed by atoms with Gasteiger partial charge < -0.3 is 0 Å². The molecule has 0 spiro atoms. The van der Waals surface area contributed by atoms with Gasteiger partial charge in [-0.3, -0.25) is 9.36 Å². The molecular formula is C13H13BrN2O. The highest BCUT2D eigenvalue weighted by atomic mass is 79.9. The smallest absolute Gasteiger partial charge is 0.261 e. The number of hydrogen-bond donors (Lipinski definition) is 0. The van der Waals surface area contributed by atoms with Gasteiger partial charge >= 0.3 is 0 Å². The van der Waals surface area contributed by atoms with Gasteiger partial charge in [0.1, 0.15) is 5.82 Å². The lowest BCUT2D eigenvalue weighted by atomic mass is 9.99. The van der Waals surface area contributed by atoms with E-state index in [0.29, 0.717) is 11.3 Å². The number of benzene rings is 1. The van der Waals surface area contributed by atoms with E-state index in [4.69, 9.17) is 0 Å². The molecule has 0 aliphatic carbocycles. The summed E-state index contributed by atoms with van der Waals surface area (Å²) in [6, 6.07) is 5.65. The quantitative estimate of drug-likeness (QED) is 0.748. The zero-order chi connectivity index (χ0) is 12.0. The van der Waals surface area contributed by atoms with Gasteiger partial charge in [-0.25, -0.2) is 4.98 Å². The first-order valence-electron chi connectivity index (χ1n) is 5.84. The fourth-order valence-corrected chi connectivity index (χ4v) is 2.74. The average Bonchev–Trinajstić information content (AvgIpc) is 2.28. The molecule has 88 valence electrons. The zero-order valence-corrected chi connectivity index (χ0v) is 11.2. The Morgan fingerprint density at radius 2 is 2.29 bits per heavy atom. The molecule has 2 aromatic rings. The van der Waals surface area contributed by atoms with Crippen LogP contribution < -0.4 is 5.56 Å². The van der Waals surface area contributed by atoms with Crippen LogP contribution in [0.3, 0.4) is 0 Å². The van der Waals surface area contributed by atoms with Gasteiger partial charge in [0.15, 0.2) is 0 Å². The molecule has 1 aromatic carbocycles. The van der Waals surface area contributed by atoms with E-state index in [9.17, 15) is 4.79 Å². The Morgan fingerprint density at radius 3 is 3.12 bits per heavy atom. The minimum absolute atomic E-state index is 0.101. The monoisotopic (exact) mass is 292 g/mol. The van der Waals surface area contributed by atoms with Gasteiger partial charge in [-0.05, 0) is 30.5 Å². The number of fused-ring (bicyclic) bond motifs is 2. The second-order valence-corrected chi connectivity index (χ2v) is 5.66. The van der Waals surface area contributed by atoms with E-state index < -0.39 is 0 Å². The summed E-state index contributed by atoms with van der Waals surface area (Å²) in [6.07, 6.45) is 1.97. The molecule has 4 heteroatoms. The highest BCUT2D eigenvalue weighted by Gasteiger charge is 2.18. The summed E-state index contributed by atoms with van der Waals surface area (Å²) in [4.78, 5) is 16.9. The van der Waals surface area contributed by atoms with E-state index >= 15 is 0 Å². The van der Waals surface area contributed by atoms with E-state index in [1.807, 2.05) is 22.8 Å². The Bertz CT molecular complexity index is 648. The van der Waals surface area contributed by atoms with Gasteiger partial charge in [-0.2, -0.15) is 0 Å². The maximum Gasteiger partial charge on any atom is 0.261 e. The number of nitrogens with zero attached hydrogens (tertiary/aromatic N) is 2. The fourth-order valence-electron chi connectivity index (χ4n) is 2.39. The molecule has 1 aromatic heterocycles. The molecule has 0 saturated heterocycles. The average molecular weight is 293 g/mol. The Balaban J connectivity index is 2.32. The number of rotatable bonds is 0. The predicted molar refractivity (Wildman–Crippen MR) is 71.2 cm³/mol. The third-order valence-electron chi connectivity index (χ3n) is 3.37. The lowest BCUT2D eigenvalue weighted by Gasteiger charge is -2.22. The van der Waals surface area contributed by atoms with Crippen molar-refractivity contribution in [2.45, 2.75) is 26.3 Å². The molecule has 3 rings (SSSR count). The first-order chi connectivity index (χ1) is 8.15. The van der Waals surface area contributed by atoms with Gasteiger partial charge in [0.2, 0.25) is 0 Å². The van der Waals surface area contributed by atoms with Crippen molar-refractivity contribution in [1.29, 1.82) is 0 Å². The molecular weight excluding hydrogens is 280 g/mol. The third-order valence-corrected chi connectivity index (χ3v) is 3.87. The van der Waals surface area contributed by atoms with Crippen molar-refractivity contribution in [3.05, 3.63) is 38.9 Å². The summed E-state index contributed by atoms with van der Waals surface area (Å²) in [5.74, 6) is 1.55. The molecule has 0 amide bonds. The highest BCUT2D eigenvalue weighted by molar-refractivity contribution is 9.10. The van der Waals surface area contributed by atoms with E-state index in [2.05, 4.69) is 27.8 Å². The molecule has 0 radical (unpaired) electrons. The Labute approximate surface area is 108 Å². The number of hydrogen-bond acceptors (Lipinski definition) is 2. The van der Waals surface area contributed by atoms with E-state index in [1.165, 1.54) is 0 Å². The Hall–Kier alpha value is -1.16. The first-order valence-corrected chi connectivity index (χ1v) is 6.63. The van der Waals surface area contributed by atoms with Crippen LogP contribution in [0.2, 0.25) is 0 Å². The van der Waals surface area contributed by atoms with Gasteiger partial charge in [0.25, 0.3) is 5.56 Å². The van der Waals surface area contributed by atoms with Crippen molar-refractivity contribution in [2.75, 3.05) is 0 Å². The molecule has 2 heterocycles. The predicted octanol–water partition coefficient (Wildman–Crippen LogP) is 2.74. The number of halogens is 1. The first kappa shape index (κ1) is 11.0. The maximum absolute atomic E-state index is 12.3. The Kier molecular flexibility index (Phi) is 2.54. The molecule has 1 unspecified atom stereocenters. The molecule has 1 atom stereocenters. The normalized spacial score (nSPS) is 19.3. The maximum atomic E-state index is 12.3. The van der Waals surface area contributed by atoms with E-state index in [1.54, 1.807) is 0 Å². The van der Waals surface area contributed by atoms with Crippen molar-refractivity contribution in [1.82, 2.24) is 9.55 Å². The molecule has 3 nitrogen and oxygen atoms in total. The SMILES string of the molecule is CC1CCn2c(nc3cc(Br)ccc3c2=O)C1. The molecule has 0 N–H and O–H groups in total. The summed E-state index contributed by atoms with van der Waals surface area (Å²) < 4.78 is 2.79. The summed E-state index contributed by atoms with van der Waals surface area (Å²) in [6.45, 7) is 3.01. The van der Waals surface area contributed by atoms with Crippen molar-refractivity contribution >= 4 is 26.8 Å². The van der Waals surface area contributed by atoms with Crippen LogP contribution in [0.1, 0.15) is 19.2 Å². The zero-order valence-electron chi connectivity index (χ0n) is 9.61. The standard InChI is InChI=1S/C13H13BrN2O/c1-8-4-5-16-12(6-8)15-11-7-9(14)2-3-10(11)13(16)17/h2-3,7-8H,4-6H2,1H3. The van der Waals surface area contributed by atoms with Crippen LogP contribution >= 0.6 is 15.9 Å². The fraction of sp³-hybridized carbons (Fsp3) is 0.385. The van der Waals surface area contributed by atoms with Crippen molar-refractivity contribution in [3.63, 3.8) is 0 Å². The van der Waals surface area contributed by atoms with Crippen LogP contribution in [0, 0.1) is 5.92 Å². The van der Waals surface area contributed by atoms with Crippen LogP contribution in [0.25, 0.3) is 10.9 Å². The molecule has 17 heavy (non-hydrogen) atoms. The lowest BCUT2D eigenvalue weighted by Crippen LogP contribution is -2.30. The molecule has 0 bridgehead atoms. The largest absolute Gasteiger partial charge is 0.296 e. The lowest BCUT2D eigenvalue weighted by molar-refractivity contribution is 0.397. The summed E-state index contributed by atoms with van der Waals surface area (Å²) in [5, 5.41) is 0.714.